The standard InChI is InChI=1S/C18H17FN4O4S/c1-26-16-8-7-15(9-17(16)27-2)28(24,25)23-21-11-13-10-20-22-18(13)12-3-5-14(19)6-4-12/h3-11,23H,1-2H3,(H,20,22). The van der Waals surface area contributed by atoms with Crippen molar-refractivity contribution in [1.82, 2.24) is 15.0 Å². The third kappa shape index (κ3) is 4.12. The van der Waals surface area contributed by atoms with Gasteiger partial charge >= 0.3 is 0 Å². The average Bonchev–Trinajstić information content (AvgIpc) is 3.16. The number of hydrogen-bond acceptors (Lipinski definition) is 6. The van der Waals surface area contributed by atoms with Gasteiger partial charge in [0, 0.05) is 17.2 Å². The van der Waals surface area contributed by atoms with Crippen molar-refractivity contribution < 1.29 is 22.3 Å². The molecule has 0 fully saturated rings. The van der Waals surface area contributed by atoms with E-state index in [-0.39, 0.29) is 16.5 Å². The Morgan fingerprint density at radius 2 is 1.82 bits per heavy atom. The Balaban J connectivity index is 1.80. The lowest BCUT2D eigenvalue weighted by atomic mass is 10.1. The molecule has 0 aliphatic carbocycles. The minimum atomic E-state index is -3.92. The van der Waals surface area contributed by atoms with Crippen LogP contribution in [0.2, 0.25) is 0 Å². The van der Waals surface area contributed by atoms with E-state index < -0.39 is 10.0 Å². The van der Waals surface area contributed by atoms with Crippen molar-refractivity contribution in [1.29, 1.82) is 0 Å². The van der Waals surface area contributed by atoms with E-state index in [9.17, 15) is 12.8 Å². The number of nitrogens with one attached hydrogen (secondary N) is 2. The molecule has 0 saturated heterocycles. The summed E-state index contributed by atoms with van der Waals surface area (Å²) in [7, 11) is -1.05. The lowest BCUT2D eigenvalue weighted by molar-refractivity contribution is 0.354. The molecule has 8 nitrogen and oxygen atoms in total. The molecule has 0 saturated carbocycles. The molecule has 0 radical (unpaired) electrons. The van der Waals surface area contributed by atoms with Gasteiger partial charge in [0.15, 0.2) is 11.5 Å². The highest BCUT2D eigenvalue weighted by molar-refractivity contribution is 7.89. The summed E-state index contributed by atoms with van der Waals surface area (Å²) < 4.78 is 48.2. The molecule has 3 aromatic rings. The molecule has 28 heavy (non-hydrogen) atoms. The zero-order valence-corrected chi connectivity index (χ0v) is 15.8. The number of aromatic amines is 1. The van der Waals surface area contributed by atoms with Crippen LogP contribution in [0.15, 0.2) is 58.7 Å². The predicted octanol–water partition coefficient (Wildman–Crippen LogP) is 2.55. The largest absolute Gasteiger partial charge is 0.493 e. The van der Waals surface area contributed by atoms with E-state index >= 15 is 0 Å². The van der Waals surface area contributed by atoms with Crippen LogP contribution in [-0.2, 0) is 10.0 Å². The number of nitrogens with zero attached hydrogens (tertiary/aromatic N) is 2. The highest BCUT2D eigenvalue weighted by Crippen LogP contribution is 2.29. The number of hydrogen-bond donors (Lipinski definition) is 2. The van der Waals surface area contributed by atoms with Crippen LogP contribution < -0.4 is 14.3 Å². The number of hydrazone groups is 1. The van der Waals surface area contributed by atoms with Gasteiger partial charge in [-0.3, -0.25) is 5.10 Å². The number of aromatic nitrogens is 2. The summed E-state index contributed by atoms with van der Waals surface area (Å²) in [5, 5.41) is 10.5. The van der Waals surface area contributed by atoms with Crippen molar-refractivity contribution in [3.8, 4) is 22.8 Å². The quantitative estimate of drug-likeness (QED) is 0.465. The van der Waals surface area contributed by atoms with E-state index in [0.717, 1.165) is 0 Å². The molecule has 3 rings (SSSR count). The number of ether oxygens (including phenoxy) is 2. The first-order valence-electron chi connectivity index (χ1n) is 8.01. The summed E-state index contributed by atoms with van der Waals surface area (Å²) in [6.07, 6.45) is 2.79. The normalized spacial score (nSPS) is 11.5. The van der Waals surface area contributed by atoms with Crippen LogP contribution in [0, 0.1) is 5.82 Å². The summed E-state index contributed by atoms with van der Waals surface area (Å²) >= 11 is 0. The van der Waals surface area contributed by atoms with Gasteiger partial charge < -0.3 is 9.47 Å². The minimum absolute atomic E-state index is 0.0340. The van der Waals surface area contributed by atoms with Crippen LogP contribution in [-0.4, -0.2) is 39.0 Å². The molecular formula is C18H17FN4O4S. The number of benzene rings is 2. The zero-order chi connectivity index (χ0) is 20.1. The number of halogens is 1. The second kappa shape index (κ2) is 8.09. The second-order valence-corrected chi connectivity index (χ2v) is 7.24. The molecule has 1 heterocycles. The molecule has 0 atom stereocenters. The average molecular weight is 404 g/mol. The summed E-state index contributed by atoms with van der Waals surface area (Å²) in [5.41, 5.74) is 1.79. The maximum Gasteiger partial charge on any atom is 0.276 e. The minimum Gasteiger partial charge on any atom is -0.493 e. The van der Waals surface area contributed by atoms with Crippen molar-refractivity contribution >= 4 is 16.2 Å². The van der Waals surface area contributed by atoms with Gasteiger partial charge in [0.1, 0.15) is 5.82 Å². The number of sulfonamides is 1. The Labute approximate surface area is 161 Å². The molecule has 0 amide bonds. The van der Waals surface area contributed by atoms with Gasteiger partial charge in [0.25, 0.3) is 10.0 Å². The van der Waals surface area contributed by atoms with Gasteiger partial charge in [-0.05, 0) is 36.4 Å². The van der Waals surface area contributed by atoms with Crippen LogP contribution >= 0.6 is 0 Å². The summed E-state index contributed by atoms with van der Waals surface area (Å²) in [6, 6.07) is 9.98. The second-order valence-electron chi connectivity index (χ2n) is 5.58. The van der Waals surface area contributed by atoms with Gasteiger partial charge in [-0.25, -0.2) is 9.22 Å². The number of methoxy groups -OCH3 is 2. The van der Waals surface area contributed by atoms with Crippen molar-refractivity contribution in [2.24, 2.45) is 5.10 Å². The molecule has 0 bridgehead atoms. The van der Waals surface area contributed by atoms with E-state index in [1.807, 2.05) is 0 Å². The fourth-order valence-electron chi connectivity index (χ4n) is 2.44. The molecule has 146 valence electrons. The molecule has 0 spiro atoms. The van der Waals surface area contributed by atoms with Crippen LogP contribution in [0.1, 0.15) is 5.56 Å². The van der Waals surface area contributed by atoms with Gasteiger partial charge in [-0.15, -0.1) is 0 Å². The van der Waals surface area contributed by atoms with Crippen LogP contribution in [0.3, 0.4) is 0 Å². The first kappa shape index (κ1) is 19.4. The Morgan fingerprint density at radius 1 is 1.11 bits per heavy atom. The molecule has 2 aromatic carbocycles. The number of rotatable bonds is 7. The summed E-state index contributed by atoms with van der Waals surface area (Å²) in [5.74, 6) is 0.330. The lowest BCUT2D eigenvalue weighted by Gasteiger charge is -2.09. The SMILES string of the molecule is COc1ccc(S(=O)(=O)NN=Cc2cn[nH]c2-c2ccc(F)cc2)cc1OC. The first-order chi connectivity index (χ1) is 13.4. The molecule has 10 heteroatoms. The van der Waals surface area contributed by atoms with E-state index in [2.05, 4.69) is 20.1 Å². The highest BCUT2D eigenvalue weighted by Gasteiger charge is 2.16. The Hall–Kier alpha value is -3.40. The van der Waals surface area contributed by atoms with E-state index in [1.165, 1.54) is 57.0 Å². The number of H-pyrrole nitrogens is 1. The third-order valence-corrected chi connectivity index (χ3v) is 5.06. The Kier molecular flexibility index (Phi) is 5.59. The van der Waals surface area contributed by atoms with Gasteiger partial charge in [0.05, 0.1) is 37.2 Å². The van der Waals surface area contributed by atoms with Crippen molar-refractivity contribution in [2.75, 3.05) is 14.2 Å². The topological polar surface area (TPSA) is 106 Å². The summed E-state index contributed by atoms with van der Waals surface area (Å²) in [4.78, 5) is 2.10. The van der Waals surface area contributed by atoms with E-state index in [0.29, 0.717) is 22.6 Å². The fraction of sp³-hybridized carbons (Fsp3) is 0.111. The highest BCUT2D eigenvalue weighted by atomic mass is 32.2. The molecule has 1 aromatic heterocycles. The molecule has 2 N–H and O–H groups in total. The molecule has 0 unspecified atom stereocenters. The van der Waals surface area contributed by atoms with Crippen LogP contribution in [0.25, 0.3) is 11.3 Å². The van der Waals surface area contributed by atoms with Crippen molar-refractivity contribution in [3.63, 3.8) is 0 Å². The maximum atomic E-state index is 13.1. The van der Waals surface area contributed by atoms with Crippen molar-refractivity contribution in [3.05, 3.63) is 60.0 Å². The third-order valence-electron chi connectivity index (χ3n) is 3.84. The van der Waals surface area contributed by atoms with Crippen LogP contribution in [0.4, 0.5) is 4.39 Å². The van der Waals surface area contributed by atoms with Gasteiger partial charge in [0.2, 0.25) is 0 Å². The monoisotopic (exact) mass is 404 g/mol. The Morgan fingerprint density at radius 3 is 2.50 bits per heavy atom. The molecule has 0 aliphatic rings. The van der Waals surface area contributed by atoms with E-state index in [4.69, 9.17) is 9.47 Å². The zero-order valence-electron chi connectivity index (χ0n) is 15.0. The predicted molar refractivity (Wildman–Crippen MR) is 101 cm³/mol. The van der Waals surface area contributed by atoms with Gasteiger partial charge in [-0.1, -0.05) is 0 Å². The van der Waals surface area contributed by atoms with Crippen LogP contribution in [0.5, 0.6) is 11.5 Å². The van der Waals surface area contributed by atoms with Crippen molar-refractivity contribution in [2.45, 2.75) is 4.90 Å². The van der Waals surface area contributed by atoms with E-state index in [1.54, 1.807) is 12.1 Å². The molecular weight excluding hydrogens is 387 g/mol. The Bertz CT molecular complexity index is 1100. The lowest BCUT2D eigenvalue weighted by Crippen LogP contribution is -2.18. The molecule has 0 aliphatic heterocycles. The fourth-order valence-corrected chi connectivity index (χ4v) is 3.25. The maximum absolute atomic E-state index is 13.1. The van der Waals surface area contributed by atoms with Gasteiger partial charge in [-0.2, -0.15) is 18.6 Å². The first-order valence-corrected chi connectivity index (χ1v) is 9.49. The summed E-state index contributed by atoms with van der Waals surface area (Å²) in [6.45, 7) is 0. The smallest absolute Gasteiger partial charge is 0.276 e.